The van der Waals surface area contributed by atoms with Gasteiger partial charge in [-0.3, -0.25) is 4.79 Å². The first-order valence-corrected chi connectivity index (χ1v) is 6.87. The Bertz CT molecular complexity index is 476. The average molecular weight is 333 g/mol. The summed E-state index contributed by atoms with van der Waals surface area (Å²) in [6.45, 7) is 3.94. The summed E-state index contributed by atoms with van der Waals surface area (Å²) >= 11 is 3.16. The van der Waals surface area contributed by atoms with E-state index in [2.05, 4.69) is 21.2 Å². The monoisotopic (exact) mass is 332 g/mol. The van der Waals surface area contributed by atoms with Crippen molar-refractivity contribution in [3.05, 3.63) is 28.0 Å². The van der Waals surface area contributed by atoms with Crippen LogP contribution in [0.25, 0.3) is 0 Å². The fourth-order valence-corrected chi connectivity index (χ4v) is 2.15. The molecule has 0 unspecified atom stereocenters. The minimum atomic E-state index is -0.895. The van der Waals surface area contributed by atoms with Gasteiger partial charge in [-0.1, -0.05) is 29.8 Å². The summed E-state index contributed by atoms with van der Waals surface area (Å²) in [5.41, 5.74) is 4.36. The van der Waals surface area contributed by atoms with Gasteiger partial charge in [0.25, 0.3) is 5.91 Å². The summed E-state index contributed by atoms with van der Waals surface area (Å²) in [7, 11) is 0. The molecule has 0 aliphatic carbocycles. The van der Waals surface area contributed by atoms with E-state index in [4.69, 9.17) is 5.73 Å². The quantitative estimate of drug-likeness (QED) is 0.749. The zero-order valence-electron chi connectivity index (χ0n) is 11.0. The highest BCUT2D eigenvalue weighted by Gasteiger charge is 2.23. The third-order valence-corrected chi connectivity index (χ3v) is 3.68. The Morgan fingerprint density at radius 1 is 1.47 bits per heavy atom. The van der Waals surface area contributed by atoms with Gasteiger partial charge < -0.3 is 16.2 Å². The summed E-state index contributed by atoms with van der Waals surface area (Å²) in [6, 6.07) is 2.74. The fourth-order valence-electron chi connectivity index (χ4n) is 1.72. The maximum absolute atomic E-state index is 13.7. The molecule has 0 spiro atoms. The largest absolute Gasteiger partial charge is 0.388 e. The maximum atomic E-state index is 13.7. The van der Waals surface area contributed by atoms with E-state index in [1.54, 1.807) is 6.07 Å². The normalized spacial score (nSPS) is 11.4. The molecular formula is C13H18BrFN2O2. The first-order chi connectivity index (χ1) is 8.83. The third kappa shape index (κ3) is 3.91. The first-order valence-electron chi connectivity index (χ1n) is 6.08. The molecule has 0 aromatic heterocycles. The van der Waals surface area contributed by atoms with Crippen molar-refractivity contribution in [2.24, 2.45) is 5.73 Å². The Kier molecular flexibility index (Phi) is 5.31. The molecule has 4 nitrogen and oxygen atoms in total. The number of anilines is 1. The van der Waals surface area contributed by atoms with Gasteiger partial charge >= 0.3 is 0 Å². The second-order valence-electron chi connectivity index (χ2n) is 4.46. The Morgan fingerprint density at radius 3 is 2.53 bits per heavy atom. The van der Waals surface area contributed by atoms with Crippen LogP contribution < -0.4 is 11.1 Å². The SMILES string of the molecule is CCC(O)(CC)CNc1cc(Br)cc(F)c1C(N)=O. The van der Waals surface area contributed by atoms with Gasteiger partial charge in [0, 0.05) is 11.0 Å². The van der Waals surface area contributed by atoms with Crippen LogP contribution in [-0.4, -0.2) is 23.2 Å². The highest BCUT2D eigenvalue weighted by Crippen LogP contribution is 2.26. The van der Waals surface area contributed by atoms with Crippen LogP contribution in [0.3, 0.4) is 0 Å². The fraction of sp³-hybridized carbons (Fsp3) is 0.462. The zero-order chi connectivity index (χ0) is 14.6. The number of nitrogens with two attached hydrogens (primary N) is 1. The van der Waals surface area contributed by atoms with Crippen molar-refractivity contribution in [1.82, 2.24) is 0 Å². The summed E-state index contributed by atoms with van der Waals surface area (Å²) in [4.78, 5) is 11.3. The van der Waals surface area contributed by atoms with Crippen LogP contribution in [0, 0.1) is 5.82 Å². The van der Waals surface area contributed by atoms with E-state index >= 15 is 0 Å². The molecule has 1 rings (SSSR count). The number of primary amides is 1. The van der Waals surface area contributed by atoms with E-state index in [0.29, 0.717) is 17.3 Å². The Balaban J connectivity index is 3.04. The predicted octanol–water partition coefficient (Wildman–Crippen LogP) is 2.65. The topological polar surface area (TPSA) is 75.3 Å². The number of benzene rings is 1. The molecular weight excluding hydrogens is 315 g/mol. The van der Waals surface area contributed by atoms with Gasteiger partial charge in [0.15, 0.2) is 0 Å². The second kappa shape index (κ2) is 6.34. The standard InChI is InChI=1S/C13H18BrFN2O2/c1-3-13(19,4-2)7-17-10-6-8(14)5-9(15)11(10)12(16)18/h5-6,17,19H,3-4,7H2,1-2H3,(H2,16,18). The molecule has 4 N–H and O–H groups in total. The molecule has 0 aliphatic heterocycles. The van der Waals surface area contributed by atoms with Gasteiger partial charge in [-0.25, -0.2) is 4.39 Å². The average Bonchev–Trinajstić information content (AvgIpc) is 2.34. The number of aliphatic hydroxyl groups is 1. The number of hydrogen-bond acceptors (Lipinski definition) is 3. The van der Waals surface area contributed by atoms with Crippen LogP contribution in [0.2, 0.25) is 0 Å². The number of carbonyl (C=O) groups excluding carboxylic acids is 1. The Labute approximate surface area is 120 Å². The van der Waals surface area contributed by atoms with Crippen LogP contribution in [0.15, 0.2) is 16.6 Å². The van der Waals surface area contributed by atoms with Gasteiger partial charge in [-0.2, -0.15) is 0 Å². The third-order valence-electron chi connectivity index (χ3n) is 3.23. The highest BCUT2D eigenvalue weighted by atomic mass is 79.9. The van der Waals surface area contributed by atoms with Crippen LogP contribution in [0.1, 0.15) is 37.0 Å². The smallest absolute Gasteiger partial charge is 0.253 e. The molecule has 0 radical (unpaired) electrons. The van der Waals surface area contributed by atoms with Gasteiger partial charge in [-0.15, -0.1) is 0 Å². The molecule has 19 heavy (non-hydrogen) atoms. The molecule has 0 bridgehead atoms. The van der Waals surface area contributed by atoms with Crippen molar-refractivity contribution < 1.29 is 14.3 Å². The van der Waals surface area contributed by atoms with Crippen molar-refractivity contribution in [3.8, 4) is 0 Å². The number of nitrogens with one attached hydrogen (secondary N) is 1. The lowest BCUT2D eigenvalue weighted by atomic mass is 9.97. The summed E-state index contributed by atoms with van der Waals surface area (Å²) in [6.07, 6.45) is 1.11. The number of rotatable bonds is 6. The van der Waals surface area contributed by atoms with Crippen molar-refractivity contribution in [1.29, 1.82) is 0 Å². The molecule has 6 heteroatoms. The van der Waals surface area contributed by atoms with E-state index in [0.717, 1.165) is 0 Å². The number of carbonyl (C=O) groups is 1. The number of halogens is 2. The van der Waals surface area contributed by atoms with Crippen molar-refractivity contribution in [3.63, 3.8) is 0 Å². The molecule has 0 saturated carbocycles. The number of hydrogen-bond donors (Lipinski definition) is 3. The van der Waals surface area contributed by atoms with Gasteiger partial charge in [-0.05, 0) is 25.0 Å². The summed E-state index contributed by atoms with van der Waals surface area (Å²) in [5, 5.41) is 13.1. The van der Waals surface area contributed by atoms with Gasteiger partial charge in [0.2, 0.25) is 0 Å². The van der Waals surface area contributed by atoms with Crippen LogP contribution in [-0.2, 0) is 0 Å². The van der Waals surface area contributed by atoms with Gasteiger partial charge in [0.1, 0.15) is 5.82 Å². The van der Waals surface area contributed by atoms with Crippen LogP contribution in [0.5, 0.6) is 0 Å². The minimum Gasteiger partial charge on any atom is -0.388 e. The first kappa shape index (κ1) is 15.9. The number of amides is 1. The van der Waals surface area contributed by atoms with E-state index in [1.807, 2.05) is 13.8 Å². The lowest BCUT2D eigenvalue weighted by Crippen LogP contribution is -2.36. The molecule has 0 saturated heterocycles. The minimum absolute atomic E-state index is 0.197. The van der Waals surface area contributed by atoms with Crippen molar-refractivity contribution in [2.45, 2.75) is 32.3 Å². The molecule has 0 aliphatic rings. The van der Waals surface area contributed by atoms with E-state index in [1.165, 1.54) is 6.07 Å². The molecule has 1 amide bonds. The molecule has 0 fully saturated rings. The van der Waals surface area contributed by atoms with Crippen molar-refractivity contribution in [2.75, 3.05) is 11.9 Å². The molecule has 1 aromatic rings. The Hall–Kier alpha value is -1.14. The lowest BCUT2D eigenvalue weighted by Gasteiger charge is -2.26. The van der Waals surface area contributed by atoms with Crippen LogP contribution in [0.4, 0.5) is 10.1 Å². The molecule has 0 atom stereocenters. The van der Waals surface area contributed by atoms with Gasteiger partial charge in [0.05, 0.1) is 16.9 Å². The predicted molar refractivity (Wildman–Crippen MR) is 76.6 cm³/mol. The summed E-state index contributed by atoms with van der Waals surface area (Å²) < 4.78 is 14.2. The highest BCUT2D eigenvalue weighted by molar-refractivity contribution is 9.10. The summed E-state index contributed by atoms with van der Waals surface area (Å²) in [5.74, 6) is -1.54. The Morgan fingerprint density at radius 2 is 2.05 bits per heavy atom. The molecule has 1 aromatic carbocycles. The lowest BCUT2D eigenvalue weighted by molar-refractivity contribution is 0.0456. The molecule has 106 valence electrons. The van der Waals surface area contributed by atoms with Crippen molar-refractivity contribution >= 4 is 27.5 Å². The molecule has 0 heterocycles. The zero-order valence-corrected chi connectivity index (χ0v) is 12.6. The van der Waals surface area contributed by atoms with E-state index in [9.17, 15) is 14.3 Å². The maximum Gasteiger partial charge on any atom is 0.253 e. The van der Waals surface area contributed by atoms with E-state index in [-0.39, 0.29) is 17.8 Å². The van der Waals surface area contributed by atoms with E-state index < -0.39 is 17.3 Å². The second-order valence-corrected chi connectivity index (χ2v) is 5.38. The van der Waals surface area contributed by atoms with Crippen LogP contribution >= 0.6 is 15.9 Å².